The summed E-state index contributed by atoms with van der Waals surface area (Å²) in [7, 11) is 1.60. The molecule has 2 aromatic heterocycles. The number of hydrogen-bond acceptors (Lipinski definition) is 8. The number of ether oxygens (including phenoxy) is 2. The van der Waals surface area contributed by atoms with Crippen LogP contribution in [0.4, 0.5) is 11.4 Å². The minimum absolute atomic E-state index is 0.306. The van der Waals surface area contributed by atoms with Crippen molar-refractivity contribution in [1.29, 1.82) is 0 Å². The number of aromatic nitrogens is 2. The number of aryl methyl sites for hydroxylation is 1. The van der Waals surface area contributed by atoms with Gasteiger partial charge in [-0.15, -0.1) is 0 Å². The lowest BCUT2D eigenvalue weighted by Crippen LogP contribution is -2.46. The van der Waals surface area contributed by atoms with E-state index in [1.165, 1.54) is 10.1 Å². The van der Waals surface area contributed by atoms with Crippen LogP contribution in [-0.4, -0.2) is 72.5 Å². The molecule has 0 unspecified atom stereocenters. The third kappa shape index (κ3) is 5.84. The van der Waals surface area contributed by atoms with Crippen molar-refractivity contribution in [2.75, 3.05) is 58.0 Å². The lowest BCUT2D eigenvalue weighted by Gasteiger charge is -2.36. The second-order valence-electron chi connectivity index (χ2n) is 8.49. The van der Waals surface area contributed by atoms with Crippen molar-refractivity contribution in [2.24, 2.45) is 0 Å². The van der Waals surface area contributed by atoms with Crippen molar-refractivity contribution in [3.63, 3.8) is 0 Å². The van der Waals surface area contributed by atoms with E-state index in [0.717, 1.165) is 19.6 Å². The molecule has 1 aliphatic heterocycles. The highest BCUT2D eigenvalue weighted by Gasteiger charge is 2.32. The van der Waals surface area contributed by atoms with Crippen LogP contribution in [-0.2, 0) is 22.6 Å². The molecule has 1 aliphatic rings. The quantitative estimate of drug-likeness (QED) is 0.234. The van der Waals surface area contributed by atoms with E-state index in [1.807, 2.05) is 23.1 Å². The molecule has 0 saturated carbocycles. The molecule has 0 atom stereocenters. The Labute approximate surface area is 203 Å². The molecule has 0 aliphatic carbocycles. The van der Waals surface area contributed by atoms with Crippen molar-refractivity contribution >= 4 is 22.4 Å². The fraction of sp³-hybridized carbons (Fsp3) is 0.440. The Bertz CT molecular complexity index is 1190. The first-order valence-corrected chi connectivity index (χ1v) is 11.8. The number of methoxy groups -OCH3 is 1. The molecule has 0 bridgehead atoms. The second-order valence-corrected chi connectivity index (χ2v) is 8.49. The van der Waals surface area contributed by atoms with Gasteiger partial charge >= 0.3 is 11.2 Å². The molecule has 35 heavy (non-hydrogen) atoms. The molecular weight excluding hydrogens is 450 g/mol. The SMILES string of the molecule is COCCOCCCn1c(=O)c([N+](=O)[O-])c(N2CCN(Cc3ccccc3)CC2)c2ncccc21. The minimum atomic E-state index is -0.603. The van der Waals surface area contributed by atoms with E-state index in [9.17, 15) is 14.9 Å². The van der Waals surface area contributed by atoms with Crippen LogP contribution >= 0.6 is 0 Å². The number of nitro groups is 1. The standard InChI is InChI=1S/C25H31N5O5/c1-34-17-18-35-16-6-11-29-21-9-5-10-26-22(21)23(24(25(29)31)30(32)33)28-14-12-27(13-15-28)19-20-7-3-2-4-8-20/h2-5,7-10H,6,11-19H2,1H3. The van der Waals surface area contributed by atoms with Crippen molar-refractivity contribution in [3.05, 3.63) is 74.7 Å². The molecule has 0 spiro atoms. The van der Waals surface area contributed by atoms with E-state index in [1.54, 1.807) is 25.4 Å². The highest BCUT2D eigenvalue weighted by atomic mass is 16.6. The predicted molar refractivity (Wildman–Crippen MR) is 134 cm³/mol. The number of pyridine rings is 2. The van der Waals surface area contributed by atoms with Gasteiger partial charge in [0.1, 0.15) is 11.2 Å². The number of hydrogen-bond donors (Lipinski definition) is 0. The maximum atomic E-state index is 13.4. The van der Waals surface area contributed by atoms with Crippen LogP contribution in [0.1, 0.15) is 12.0 Å². The van der Waals surface area contributed by atoms with Crippen molar-refractivity contribution in [1.82, 2.24) is 14.5 Å². The number of benzene rings is 1. The molecule has 3 heterocycles. The third-order valence-corrected chi connectivity index (χ3v) is 6.20. The van der Waals surface area contributed by atoms with Gasteiger partial charge in [-0.2, -0.15) is 0 Å². The zero-order chi connectivity index (χ0) is 24.6. The summed E-state index contributed by atoms with van der Waals surface area (Å²) in [6.45, 7) is 5.14. The molecular formula is C25H31N5O5. The molecule has 0 N–H and O–H groups in total. The maximum Gasteiger partial charge on any atom is 0.359 e. The maximum absolute atomic E-state index is 13.4. The van der Waals surface area contributed by atoms with E-state index >= 15 is 0 Å². The lowest BCUT2D eigenvalue weighted by atomic mass is 10.1. The fourth-order valence-electron chi connectivity index (χ4n) is 4.47. The number of anilines is 1. The van der Waals surface area contributed by atoms with Crippen LogP contribution in [0.3, 0.4) is 0 Å². The number of piperazine rings is 1. The van der Waals surface area contributed by atoms with Gasteiger partial charge < -0.3 is 18.9 Å². The topological polar surface area (TPSA) is 103 Å². The van der Waals surface area contributed by atoms with Gasteiger partial charge in [0.25, 0.3) is 0 Å². The van der Waals surface area contributed by atoms with E-state index in [0.29, 0.717) is 62.6 Å². The van der Waals surface area contributed by atoms with E-state index in [2.05, 4.69) is 22.0 Å². The summed E-state index contributed by atoms with van der Waals surface area (Å²) in [6, 6.07) is 13.8. The molecule has 0 radical (unpaired) electrons. The fourth-order valence-corrected chi connectivity index (χ4v) is 4.47. The van der Waals surface area contributed by atoms with E-state index < -0.39 is 16.2 Å². The Morgan fingerprint density at radius 2 is 1.80 bits per heavy atom. The Hall–Kier alpha value is -3.34. The summed E-state index contributed by atoms with van der Waals surface area (Å²) in [5.41, 5.74) is 1.62. The van der Waals surface area contributed by atoms with Crippen LogP contribution in [0, 0.1) is 10.1 Å². The molecule has 0 amide bonds. The zero-order valence-electron chi connectivity index (χ0n) is 20.0. The van der Waals surface area contributed by atoms with Gasteiger partial charge in [-0.1, -0.05) is 30.3 Å². The van der Waals surface area contributed by atoms with Crippen LogP contribution in [0.5, 0.6) is 0 Å². The molecule has 1 aromatic carbocycles. The van der Waals surface area contributed by atoms with Gasteiger partial charge in [-0.05, 0) is 24.1 Å². The van der Waals surface area contributed by atoms with Gasteiger partial charge in [-0.3, -0.25) is 24.8 Å². The van der Waals surface area contributed by atoms with Crippen molar-refractivity contribution in [3.8, 4) is 0 Å². The van der Waals surface area contributed by atoms with Crippen LogP contribution in [0.2, 0.25) is 0 Å². The Balaban J connectivity index is 1.58. The Morgan fingerprint density at radius 1 is 1.03 bits per heavy atom. The number of fused-ring (bicyclic) bond motifs is 1. The average molecular weight is 482 g/mol. The zero-order valence-corrected chi connectivity index (χ0v) is 20.0. The molecule has 10 nitrogen and oxygen atoms in total. The summed E-state index contributed by atoms with van der Waals surface area (Å²) in [4.78, 5) is 33.7. The number of nitrogens with zero attached hydrogens (tertiary/aromatic N) is 5. The van der Waals surface area contributed by atoms with Crippen molar-refractivity contribution in [2.45, 2.75) is 19.5 Å². The molecule has 4 rings (SSSR count). The van der Waals surface area contributed by atoms with Crippen molar-refractivity contribution < 1.29 is 14.4 Å². The summed E-state index contributed by atoms with van der Waals surface area (Å²) < 4.78 is 11.9. The van der Waals surface area contributed by atoms with Gasteiger partial charge in [0.05, 0.1) is 23.7 Å². The average Bonchev–Trinajstić information content (AvgIpc) is 2.87. The van der Waals surface area contributed by atoms with Crippen LogP contribution in [0.25, 0.3) is 11.0 Å². The van der Waals surface area contributed by atoms with Gasteiger partial charge in [-0.25, -0.2) is 0 Å². The van der Waals surface area contributed by atoms with E-state index in [4.69, 9.17) is 9.47 Å². The monoisotopic (exact) mass is 481 g/mol. The van der Waals surface area contributed by atoms with Gasteiger partial charge in [0.2, 0.25) is 0 Å². The van der Waals surface area contributed by atoms with E-state index in [-0.39, 0.29) is 0 Å². The Morgan fingerprint density at radius 3 is 2.51 bits per heavy atom. The predicted octanol–water partition coefficient (Wildman–Crippen LogP) is 2.68. The highest BCUT2D eigenvalue weighted by molar-refractivity contribution is 5.93. The smallest absolute Gasteiger partial charge is 0.359 e. The Kier molecular flexibility index (Phi) is 8.40. The molecule has 186 valence electrons. The summed E-state index contributed by atoms with van der Waals surface area (Å²) in [5.74, 6) is 0. The normalized spacial score (nSPS) is 14.5. The molecule has 3 aromatic rings. The van der Waals surface area contributed by atoms with Gasteiger partial charge in [0.15, 0.2) is 0 Å². The van der Waals surface area contributed by atoms with Crippen LogP contribution in [0.15, 0.2) is 53.5 Å². The summed E-state index contributed by atoms with van der Waals surface area (Å²) >= 11 is 0. The largest absolute Gasteiger partial charge is 0.382 e. The lowest BCUT2D eigenvalue weighted by molar-refractivity contribution is -0.385. The highest BCUT2D eigenvalue weighted by Crippen LogP contribution is 2.33. The first-order chi connectivity index (χ1) is 17.1. The third-order valence-electron chi connectivity index (χ3n) is 6.20. The van der Waals surface area contributed by atoms with Crippen LogP contribution < -0.4 is 10.5 Å². The first-order valence-electron chi connectivity index (χ1n) is 11.8. The second kappa shape index (κ2) is 11.9. The summed E-state index contributed by atoms with van der Waals surface area (Å²) in [6.07, 6.45) is 2.16. The first kappa shape index (κ1) is 24.8. The molecule has 1 saturated heterocycles. The minimum Gasteiger partial charge on any atom is -0.382 e. The molecule has 10 heteroatoms. The molecule has 1 fully saturated rings. The van der Waals surface area contributed by atoms with Gasteiger partial charge in [0, 0.05) is 59.2 Å². The summed E-state index contributed by atoms with van der Waals surface area (Å²) in [5, 5.41) is 12.1. The number of rotatable bonds is 11.